The Kier molecular flexibility index (Phi) is 3.10. The summed E-state index contributed by atoms with van der Waals surface area (Å²) in [7, 11) is 0. The Morgan fingerprint density at radius 3 is 2.43 bits per heavy atom. The second-order valence-corrected chi connectivity index (χ2v) is 2.28. The molecule has 0 aliphatic carbocycles. The lowest BCUT2D eigenvalue weighted by atomic mass is 10.2. The zero-order valence-electron chi connectivity index (χ0n) is 6.89. The lowest BCUT2D eigenvalue weighted by molar-refractivity contribution is 0.0667. The molecule has 0 radical (unpaired) electrons. The maximum Gasteiger partial charge on any atom is 0.294 e. The predicted molar refractivity (Wildman–Crippen MR) is 42.7 cm³/mol. The number of carbonyl (C=O) groups excluding carboxylic acids is 2. The summed E-state index contributed by atoms with van der Waals surface area (Å²) in [6, 6.07) is 2.70. The van der Waals surface area contributed by atoms with Crippen molar-refractivity contribution >= 4 is 11.8 Å². The van der Waals surface area contributed by atoms with Gasteiger partial charge in [0.1, 0.15) is 5.69 Å². The third-order valence-corrected chi connectivity index (χ3v) is 1.47. The lowest BCUT2D eigenvalue weighted by Crippen LogP contribution is -2.27. The van der Waals surface area contributed by atoms with E-state index in [2.05, 4.69) is 4.98 Å². The first-order valence-electron chi connectivity index (χ1n) is 3.54. The van der Waals surface area contributed by atoms with Gasteiger partial charge in [0.2, 0.25) is 0 Å². The zero-order valence-corrected chi connectivity index (χ0v) is 6.89. The fraction of sp³-hybridized carbons (Fsp3) is 0. The fourth-order valence-electron chi connectivity index (χ4n) is 0.883. The van der Waals surface area contributed by atoms with Crippen LogP contribution in [0.1, 0.15) is 20.8 Å². The Hall–Kier alpha value is -1.99. The van der Waals surface area contributed by atoms with Gasteiger partial charge in [-0.05, 0) is 12.1 Å². The summed E-state index contributed by atoms with van der Waals surface area (Å²) in [6.07, 6.45) is 1.28. The molecule has 0 saturated carbocycles. The van der Waals surface area contributed by atoms with Crippen molar-refractivity contribution in [3.05, 3.63) is 29.6 Å². The zero-order chi connectivity index (χ0) is 10.6. The molecule has 7 heteroatoms. The summed E-state index contributed by atoms with van der Waals surface area (Å²) in [4.78, 5) is 25.5. The Balaban J connectivity index is 3.15. The van der Waals surface area contributed by atoms with Crippen molar-refractivity contribution < 1.29 is 20.0 Å². The first kappa shape index (κ1) is 10.1. The van der Waals surface area contributed by atoms with Crippen LogP contribution in [0.25, 0.3) is 0 Å². The Morgan fingerprint density at radius 1 is 1.21 bits per heavy atom. The van der Waals surface area contributed by atoms with Gasteiger partial charge in [-0.15, -0.1) is 0 Å². The number of nitrogens with one attached hydrogen (secondary N) is 2. The maximum absolute atomic E-state index is 11.0. The van der Waals surface area contributed by atoms with E-state index in [1.54, 1.807) is 0 Å². The summed E-state index contributed by atoms with van der Waals surface area (Å²) in [5.74, 6) is -1.80. The average Bonchev–Trinajstić information content (AvgIpc) is 2.27. The van der Waals surface area contributed by atoms with Gasteiger partial charge in [0, 0.05) is 6.20 Å². The van der Waals surface area contributed by atoms with Crippen molar-refractivity contribution in [2.75, 3.05) is 0 Å². The highest BCUT2D eigenvalue weighted by Crippen LogP contribution is 2.04. The van der Waals surface area contributed by atoms with E-state index in [1.807, 2.05) is 0 Å². The Bertz CT molecular complexity index is 331. The standard InChI is InChI=1S/C7H7N3O4/c11-6(9-13)4-2-1-3-8-5(4)7(12)10-14/h1-3,13-14H,(H,9,11)(H,10,12). The third kappa shape index (κ3) is 1.84. The summed E-state index contributed by atoms with van der Waals surface area (Å²) < 4.78 is 0. The highest BCUT2D eigenvalue weighted by Gasteiger charge is 2.16. The van der Waals surface area contributed by atoms with E-state index in [4.69, 9.17) is 10.4 Å². The van der Waals surface area contributed by atoms with Crippen LogP contribution in [0, 0.1) is 0 Å². The average molecular weight is 197 g/mol. The molecule has 0 aromatic carbocycles. The predicted octanol–water partition coefficient (Wildman–Crippen LogP) is -0.680. The van der Waals surface area contributed by atoms with E-state index in [-0.39, 0.29) is 11.3 Å². The van der Waals surface area contributed by atoms with Crippen molar-refractivity contribution in [2.45, 2.75) is 0 Å². The second kappa shape index (κ2) is 4.30. The Labute approximate surface area is 78.3 Å². The van der Waals surface area contributed by atoms with Crippen LogP contribution in [0.2, 0.25) is 0 Å². The smallest absolute Gasteiger partial charge is 0.288 e. The SMILES string of the molecule is O=C(NO)c1cccnc1C(=O)NO. The molecule has 0 aliphatic rings. The normalized spacial score (nSPS) is 9.29. The van der Waals surface area contributed by atoms with Crippen LogP contribution < -0.4 is 11.0 Å². The molecule has 1 heterocycles. The van der Waals surface area contributed by atoms with Crippen molar-refractivity contribution in [2.24, 2.45) is 0 Å². The van der Waals surface area contributed by atoms with Gasteiger partial charge in [-0.3, -0.25) is 25.0 Å². The number of nitrogens with zero attached hydrogens (tertiary/aromatic N) is 1. The monoisotopic (exact) mass is 197 g/mol. The summed E-state index contributed by atoms with van der Waals surface area (Å²) in [5.41, 5.74) is 2.28. The van der Waals surface area contributed by atoms with E-state index in [9.17, 15) is 9.59 Å². The van der Waals surface area contributed by atoms with Gasteiger partial charge in [-0.25, -0.2) is 11.0 Å². The number of hydrogen-bond acceptors (Lipinski definition) is 5. The Morgan fingerprint density at radius 2 is 1.86 bits per heavy atom. The topological polar surface area (TPSA) is 112 Å². The van der Waals surface area contributed by atoms with Gasteiger partial charge in [-0.1, -0.05) is 0 Å². The number of hydrogen-bond donors (Lipinski definition) is 4. The first-order valence-corrected chi connectivity index (χ1v) is 3.54. The van der Waals surface area contributed by atoms with Gasteiger partial charge < -0.3 is 0 Å². The highest BCUT2D eigenvalue weighted by molar-refractivity contribution is 6.05. The lowest BCUT2D eigenvalue weighted by Gasteiger charge is -2.03. The van der Waals surface area contributed by atoms with Crippen LogP contribution in [-0.2, 0) is 0 Å². The minimum atomic E-state index is -0.927. The van der Waals surface area contributed by atoms with Crippen molar-refractivity contribution in [3.8, 4) is 0 Å². The van der Waals surface area contributed by atoms with E-state index >= 15 is 0 Å². The number of amides is 2. The summed E-state index contributed by atoms with van der Waals surface area (Å²) in [6.45, 7) is 0. The van der Waals surface area contributed by atoms with E-state index < -0.39 is 11.8 Å². The highest BCUT2D eigenvalue weighted by atomic mass is 16.5. The quantitative estimate of drug-likeness (QED) is 0.370. The van der Waals surface area contributed by atoms with Crippen LogP contribution in [0.3, 0.4) is 0 Å². The van der Waals surface area contributed by atoms with E-state index in [1.165, 1.54) is 29.3 Å². The van der Waals surface area contributed by atoms with E-state index in [0.29, 0.717) is 0 Å². The minimum Gasteiger partial charge on any atom is -0.288 e. The van der Waals surface area contributed by atoms with Crippen molar-refractivity contribution in [3.63, 3.8) is 0 Å². The molecular formula is C7H7N3O4. The van der Waals surface area contributed by atoms with Crippen molar-refractivity contribution in [1.29, 1.82) is 0 Å². The minimum absolute atomic E-state index is 0.137. The molecule has 14 heavy (non-hydrogen) atoms. The third-order valence-electron chi connectivity index (χ3n) is 1.47. The number of rotatable bonds is 2. The largest absolute Gasteiger partial charge is 0.294 e. The molecule has 74 valence electrons. The molecular weight excluding hydrogens is 190 g/mol. The number of hydroxylamine groups is 2. The molecule has 7 nitrogen and oxygen atoms in total. The number of aromatic nitrogens is 1. The number of pyridine rings is 1. The van der Waals surface area contributed by atoms with Gasteiger partial charge in [0.15, 0.2) is 0 Å². The fourth-order valence-corrected chi connectivity index (χ4v) is 0.883. The van der Waals surface area contributed by atoms with Crippen LogP contribution in [0.15, 0.2) is 18.3 Å². The van der Waals surface area contributed by atoms with Crippen LogP contribution in [-0.4, -0.2) is 27.2 Å². The van der Waals surface area contributed by atoms with Crippen LogP contribution >= 0.6 is 0 Å². The first-order chi connectivity index (χ1) is 6.70. The molecule has 0 aliphatic heterocycles. The summed E-state index contributed by atoms with van der Waals surface area (Å²) in [5, 5.41) is 16.7. The van der Waals surface area contributed by atoms with E-state index in [0.717, 1.165) is 0 Å². The molecule has 1 rings (SSSR count). The van der Waals surface area contributed by atoms with Gasteiger partial charge in [-0.2, -0.15) is 0 Å². The summed E-state index contributed by atoms with van der Waals surface area (Å²) >= 11 is 0. The molecule has 0 spiro atoms. The molecule has 0 fully saturated rings. The second-order valence-electron chi connectivity index (χ2n) is 2.28. The molecule has 1 aromatic rings. The molecule has 0 unspecified atom stereocenters. The molecule has 0 bridgehead atoms. The number of carbonyl (C=O) groups is 2. The molecule has 0 atom stereocenters. The van der Waals surface area contributed by atoms with Gasteiger partial charge >= 0.3 is 0 Å². The van der Waals surface area contributed by atoms with Crippen LogP contribution in [0.4, 0.5) is 0 Å². The molecule has 1 aromatic heterocycles. The molecule has 2 amide bonds. The van der Waals surface area contributed by atoms with Gasteiger partial charge in [0.25, 0.3) is 11.8 Å². The molecule has 4 N–H and O–H groups in total. The molecule has 0 saturated heterocycles. The maximum atomic E-state index is 11.0. The van der Waals surface area contributed by atoms with Gasteiger partial charge in [0.05, 0.1) is 5.56 Å². The van der Waals surface area contributed by atoms with Crippen molar-refractivity contribution in [1.82, 2.24) is 15.9 Å². The van der Waals surface area contributed by atoms with Crippen LogP contribution in [0.5, 0.6) is 0 Å².